The first-order valence-corrected chi connectivity index (χ1v) is 13.1. The van der Waals surface area contributed by atoms with Crippen molar-refractivity contribution in [2.45, 2.75) is 18.7 Å². The minimum Gasteiger partial charge on any atom is -0.340 e. The zero-order valence-corrected chi connectivity index (χ0v) is 20.0. The number of carbonyl (C=O) groups excluding carboxylic acids is 2. The van der Waals surface area contributed by atoms with E-state index in [1.54, 1.807) is 28.4 Å². The number of benzene rings is 1. The van der Waals surface area contributed by atoms with E-state index in [2.05, 4.69) is 10.3 Å². The number of carbonyl (C=O) groups is 2. The summed E-state index contributed by atoms with van der Waals surface area (Å²) in [7, 11) is -3.77. The highest BCUT2D eigenvalue weighted by Gasteiger charge is 2.29. The van der Waals surface area contributed by atoms with E-state index in [0.717, 1.165) is 10.6 Å². The zero-order valence-electron chi connectivity index (χ0n) is 17.6. The SMILES string of the molecule is CC(=O)N1CCN(S(=O)(=O)c2cccc(C(=O)Nc3nc(-c4ccc(C)s4)cs3)c2)CC1. The highest BCUT2D eigenvalue weighted by atomic mass is 32.2. The third-order valence-electron chi connectivity index (χ3n) is 5.14. The summed E-state index contributed by atoms with van der Waals surface area (Å²) in [6, 6.07) is 9.98. The number of thiophene rings is 1. The van der Waals surface area contributed by atoms with Gasteiger partial charge in [-0.1, -0.05) is 6.07 Å². The number of hydrogen-bond acceptors (Lipinski definition) is 7. The van der Waals surface area contributed by atoms with Crippen LogP contribution in [0, 0.1) is 6.92 Å². The Balaban J connectivity index is 1.47. The number of amides is 2. The fourth-order valence-electron chi connectivity index (χ4n) is 3.38. The van der Waals surface area contributed by atoms with Crippen LogP contribution in [0.3, 0.4) is 0 Å². The molecule has 3 aromatic rings. The van der Waals surface area contributed by atoms with Gasteiger partial charge >= 0.3 is 0 Å². The topological polar surface area (TPSA) is 99.7 Å². The van der Waals surface area contributed by atoms with Crippen LogP contribution in [-0.4, -0.2) is 60.6 Å². The summed E-state index contributed by atoms with van der Waals surface area (Å²) in [5, 5.41) is 5.08. The van der Waals surface area contributed by atoms with E-state index in [1.165, 1.54) is 39.6 Å². The van der Waals surface area contributed by atoms with Gasteiger partial charge in [0.05, 0.1) is 15.5 Å². The second kappa shape index (κ2) is 9.10. The molecule has 0 atom stereocenters. The van der Waals surface area contributed by atoms with Crippen molar-refractivity contribution in [2.75, 3.05) is 31.5 Å². The average Bonchev–Trinajstić information content (AvgIpc) is 3.42. The predicted molar refractivity (Wildman–Crippen MR) is 126 cm³/mol. The highest BCUT2D eigenvalue weighted by Crippen LogP contribution is 2.30. The highest BCUT2D eigenvalue weighted by molar-refractivity contribution is 7.89. The lowest BCUT2D eigenvalue weighted by Gasteiger charge is -2.33. The molecule has 0 bridgehead atoms. The molecule has 0 aliphatic carbocycles. The van der Waals surface area contributed by atoms with E-state index < -0.39 is 15.9 Å². The van der Waals surface area contributed by atoms with Gasteiger partial charge in [0, 0.05) is 48.9 Å². The van der Waals surface area contributed by atoms with Gasteiger partial charge in [0.1, 0.15) is 0 Å². The van der Waals surface area contributed by atoms with Crippen LogP contribution < -0.4 is 5.32 Å². The average molecular weight is 491 g/mol. The Labute approximate surface area is 194 Å². The smallest absolute Gasteiger partial charge is 0.257 e. The summed E-state index contributed by atoms with van der Waals surface area (Å²) in [5.41, 5.74) is 1.03. The van der Waals surface area contributed by atoms with Crippen LogP contribution in [0.2, 0.25) is 0 Å². The minimum absolute atomic E-state index is 0.0512. The van der Waals surface area contributed by atoms with Crippen molar-refractivity contribution in [2.24, 2.45) is 0 Å². The van der Waals surface area contributed by atoms with Crippen molar-refractivity contribution in [3.63, 3.8) is 0 Å². The standard InChI is InChI=1S/C21H22N4O4S3/c1-14-6-7-19(31-14)18-13-30-21(22-18)23-20(27)16-4-3-5-17(12-16)32(28,29)25-10-8-24(9-11-25)15(2)26/h3-7,12-13H,8-11H2,1-2H3,(H,22,23,27). The molecule has 168 valence electrons. The van der Waals surface area contributed by atoms with E-state index in [1.807, 2.05) is 24.4 Å². The van der Waals surface area contributed by atoms with Crippen molar-refractivity contribution >= 4 is 49.6 Å². The minimum atomic E-state index is -3.77. The van der Waals surface area contributed by atoms with Crippen LogP contribution in [0.1, 0.15) is 22.2 Å². The summed E-state index contributed by atoms with van der Waals surface area (Å²) < 4.78 is 27.4. The third-order valence-corrected chi connectivity index (χ3v) is 8.81. The van der Waals surface area contributed by atoms with E-state index in [4.69, 9.17) is 0 Å². The summed E-state index contributed by atoms with van der Waals surface area (Å²) in [4.78, 5) is 32.6. The van der Waals surface area contributed by atoms with E-state index >= 15 is 0 Å². The van der Waals surface area contributed by atoms with Gasteiger partial charge < -0.3 is 4.90 Å². The molecule has 11 heteroatoms. The molecule has 0 spiro atoms. The van der Waals surface area contributed by atoms with Crippen LogP contribution >= 0.6 is 22.7 Å². The zero-order chi connectivity index (χ0) is 22.9. The molecule has 1 aliphatic heterocycles. The number of piperazine rings is 1. The lowest BCUT2D eigenvalue weighted by molar-refractivity contribution is -0.129. The Kier molecular flexibility index (Phi) is 6.42. The van der Waals surface area contributed by atoms with Gasteiger partial charge in [-0.2, -0.15) is 4.31 Å². The van der Waals surface area contributed by atoms with Crippen molar-refractivity contribution in [1.29, 1.82) is 0 Å². The Bertz CT molecular complexity index is 1260. The molecule has 2 amide bonds. The van der Waals surface area contributed by atoms with Crippen LogP contribution in [0.25, 0.3) is 10.6 Å². The molecule has 8 nitrogen and oxygen atoms in total. The normalized spacial score (nSPS) is 15.0. The molecule has 1 fully saturated rings. The molecule has 1 aliphatic rings. The summed E-state index contributed by atoms with van der Waals surface area (Å²) >= 11 is 2.94. The van der Waals surface area contributed by atoms with E-state index in [9.17, 15) is 18.0 Å². The fraction of sp³-hybridized carbons (Fsp3) is 0.286. The molecule has 1 aromatic carbocycles. The second-order valence-electron chi connectivity index (χ2n) is 7.34. The Morgan fingerprint density at radius 1 is 1.09 bits per heavy atom. The molecule has 1 saturated heterocycles. The molecule has 2 aromatic heterocycles. The number of rotatable bonds is 5. The number of hydrogen-bond donors (Lipinski definition) is 1. The fourth-order valence-corrected chi connectivity index (χ4v) is 6.45. The first-order valence-electron chi connectivity index (χ1n) is 9.93. The first-order chi connectivity index (χ1) is 15.2. The maximum absolute atomic E-state index is 13.0. The molecule has 4 rings (SSSR count). The van der Waals surface area contributed by atoms with Crippen LogP contribution in [0.15, 0.2) is 46.7 Å². The first kappa shape index (κ1) is 22.6. The summed E-state index contributed by atoms with van der Waals surface area (Å²) in [6.45, 7) is 4.65. The van der Waals surface area contributed by atoms with E-state index in [0.29, 0.717) is 18.2 Å². The van der Waals surface area contributed by atoms with Gasteiger partial charge in [0.2, 0.25) is 15.9 Å². The van der Waals surface area contributed by atoms with Crippen molar-refractivity contribution in [3.8, 4) is 10.6 Å². The lowest BCUT2D eigenvalue weighted by Crippen LogP contribution is -2.49. The number of thiazole rings is 1. The van der Waals surface area contributed by atoms with Crippen LogP contribution in [0.4, 0.5) is 5.13 Å². The van der Waals surface area contributed by atoms with E-state index in [-0.39, 0.29) is 29.5 Å². The Morgan fingerprint density at radius 2 is 1.84 bits per heavy atom. The molecular formula is C21H22N4O4S3. The molecule has 0 saturated carbocycles. The molecule has 0 radical (unpaired) electrons. The van der Waals surface area contributed by atoms with Crippen molar-refractivity contribution in [3.05, 3.63) is 52.2 Å². The van der Waals surface area contributed by atoms with Gasteiger partial charge in [0.15, 0.2) is 5.13 Å². The molecular weight excluding hydrogens is 468 g/mol. The van der Waals surface area contributed by atoms with Gasteiger partial charge in [0.25, 0.3) is 5.91 Å². The van der Waals surface area contributed by atoms with Crippen LogP contribution in [0.5, 0.6) is 0 Å². The molecule has 1 N–H and O–H groups in total. The molecule has 3 heterocycles. The molecule has 0 unspecified atom stereocenters. The summed E-state index contributed by atoms with van der Waals surface area (Å²) in [6.07, 6.45) is 0. The number of nitrogens with zero attached hydrogens (tertiary/aromatic N) is 3. The largest absolute Gasteiger partial charge is 0.340 e. The summed E-state index contributed by atoms with van der Waals surface area (Å²) in [5.74, 6) is -0.494. The number of sulfonamides is 1. The second-order valence-corrected chi connectivity index (χ2v) is 11.4. The Morgan fingerprint density at radius 3 is 2.50 bits per heavy atom. The third kappa shape index (κ3) is 4.75. The maximum Gasteiger partial charge on any atom is 0.257 e. The lowest BCUT2D eigenvalue weighted by atomic mass is 10.2. The van der Waals surface area contributed by atoms with Crippen molar-refractivity contribution in [1.82, 2.24) is 14.2 Å². The quantitative estimate of drug-likeness (QED) is 0.592. The Hall–Kier alpha value is -2.60. The number of aryl methyl sites for hydroxylation is 1. The van der Waals surface area contributed by atoms with Gasteiger partial charge in [-0.3, -0.25) is 14.9 Å². The van der Waals surface area contributed by atoms with Crippen LogP contribution in [-0.2, 0) is 14.8 Å². The number of nitrogens with one attached hydrogen (secondary N) is 1. The molecule has 32 heavy (non-hydrogen) atoms. The predicted octanol–water partition coefficient (Wildman–Crippen LogP) is 3.29. The number of anilines is 1. The monoisotopic (exact) mass is 490 g/mol. The van der Waals surface area contributed by atoms with Gasteiger partial charge in [-0.25, -0.2) is 13.4 Å². The van der Waals surface area contributed by atoms with Gasteiger partial charge in [-0.15, -0.1) is 22.7 Å². The maximum atomic E-state index is 13.0. The van der Waals surface area contributed by atoms with Gasteiger partial charge in [-0.05, 0) is 37.3 Å². The van der Waals surface area contributed by atoms with Crippen molar-refractivity contribution < 1.29 is 18.0 Å². The number of aromatic nitrogens is 1.